The van der Waals surface area contributed by atoms with E-state index in [1.165, 1.54) is 0 Å². The second-order valence-corrected chi connectivity index (χ2v) is 7.16. The molecule has 1 aliphatic rings. The van der Waals surface area contributed by atoms with Crippen molar-refractivity contribution < 1.29 is 0 Å². The number of anilines is 3. The minimum Gasteiger partial charge on any atom is -0.367 e. The lowest BCUT2D eigenvalue weighted by Crippen LogP contribution is -2.39. The van der Waals surface area contributed by atoms with E-state index in [0.717, 1.165) is 60.2 Å². The molecule has 1 aliphatic heterocycles. The number of nitrogens with one attached hydrogen (secondary N) is 1. The van der Waals surface area contributed by atoms with Crippen LogP contribution in [0.3, 0.4) is 0 Å². The van der Waals surface area contributed by atoms with Crippen molar-refractivity contribution in [3.8, 4) is 0 Å². The second-order valence-electron chi connectivity index (χ2n) is 7.16. The monoisotopic (exact) mass is 367 g/mol. The Morgan fingerprint density at radius 3 is 2.67 bits per heavy atom. The zero-order valence-electron chi connectivity index (χ0n) is 16.2. The summed E-state index contributed by atoms with van der Waals surface area (Å²) in [5.74, 6) is 3.54. The van der Waals surface area contributed by atoms with Gasteiger partial charge in [0, 0.05) is 46.3 Å². The summed E-state index contributed by atoms with van der Waals surface area (Å²) < 4.78 is 1.80. The van der Waals surface area contributed by atoms with Crippen LogP contribution in [0.15, 0.2) is 18.6 Å². The molecule has 3 aromatic rings. The molecule has 0 spiro atoms. The van der Waals surface area contributed by atoms with Crippen LogP contribution >= 0.6 is 0 Å². The maximum atomic E-state index is 4.69. The molecule has 4 rings (SSSR count). The fourth-order valence-corrected chi connectivity index (χ4v) is 3.47. The lowest BCUT2D eigenvalue weighted by atomic mass is 10.0. The third kappa shape index (κ3) is 3.49. The van der Waals surface area contributed by atoms with E-state index in [2.05, 4.69) is 30.3 Å². The molecule has 9 nitrogen and oxygen atoms in total. The van der Waals surface area contributed by atoms with Gasteiger partial charge in [-0.15, -0.1) is 0 Å². The highest BCUT2D eigenvalue weighted by Crippen LogP contribution is 2.27. The fourth-order valence-electron chi connectivity index (χ4n) is 3.47. The van der Waals surface area contributed by atoms with Crippen LogP contribution < -0.4 is 15.1 Å². The van der Waals surface area contributed by atoms with E-state index in [4.69, 9.17) is 4.98 Å². The Kier molecular flexibility index (Phi) is 4.51. The van der Waals surface area contributed by atoms with Crippen LogP contribution in [0.1, 0.15) is 18.7 Å². The third-order valence-corrected chi connectivity index (χ3v) is 4.94. The zero-order chi connectivity index (χ0) is 19.0. The second kappa shape index (κ2) is 6.98. The van der Waals surface area contributed by atoms with Crippen molar-refractivity contribution in [3.63, 3.8) is 0 Å². The Bertz CT molecular complexity index is 941. The molecule has 0 bridgehead atoms. The molecule has 9 heteroatoms. The molecule has 0 aromatic carbocycles. The molecular formula is C18H25N9. The number of aromatic nitrogens is 6. The van der Waals surface area contributed by atoms with E-state index in [1.54, 1.807) is 11.0 Å². The predicted molar refractivity (Wildman–Crippen MR) is 106 cm³/mol. The highest BCUT2D eigenvalue weighted by atomic mass is 15.3. The van der Waals surface area contributed by atoms with Gasteiger partial charge >= 0.3 is 0 Å². The summed E-state index contributed by atoms with van der Waals surface area (Å²) in [6.45, 7) is 3.80. The summed E-state index contributed by atoms with van der Waals surface area (Å²) in [6, 6.07) is 2.37. The molecule has 0 unspecified atom stereocenters. The van der Waals surface area contributed by atoms with Crippen LogP contribution in [-0.4, -0.2) is 62.9 Å². The van der Waals surface area contributed by atoms with Gasteiger partial charge in [0.1, 0.15) is 29.6 Å². The van der Waals surface area contributed by atoms with Crippen molar-refractivity contribution >= 4 is 28.5 Å². The van der Waals surface area contributed by atoms with Crippen LogP contribution in [0, 0.1) is 6.92 Å². The number of nitrogens with zero attached hydrogens (tertiary/aromatic N) is 8. The average molecular weight is 367 g/mol. The quantitative estimate of drug-likeness (QED) is 0.744. The smallest absolute Gasteiger partial charge is 0.163 e. The van der Waals surface area contributed by atoms with Crippen molar-refractivity contribution in [1.82, 2.24) is 29.7 Å². The maximum Gasteiger partial charge on any atom is 0.163 e. The molecule has 142 valence electrons. The molecule has 0 radical (unpaired) electrons. The van der Waals surface area contributed by atoms with E-state index in [0.29, 0.717) is 6.04 Å². The first-order valence-corrected chi connectivity index (χ1v) is 9.18. The van der Waals surface area contributed by atoms with Gasteiger partial charge in [0.15, 0.2) is 5.65 Å². The molecular weight excluding hydrogens is 342 g/mol. The number of fused-ring (bicyclic) bond motifs is 1. The fraction of sp³-hybridized carbons (Fsp3) is 0.500. The lowest BCUT2D eigenvalue weighted by Gasteiger charge is -2.33. The molecule has 4 heterocycles. The van der Waals surface area contributed by atoms with Gasteiger partial charge in [-0.3, -0.25) is 4.68 Å². The minimum atomic E-state index is 0.387. The molecule has 3 aromatic heterocycles. The largest absolute Gasteiger partial charge is 0.367 e. The molecule has 1 N–H and O–H groups in total. The van der Waals surface area contributed by atoms with E-state index in [-0.39, 0.29) is 0 Å². The molecule has 27 heavy (non-hydrogen) atoms. The minimum absolute atomic E-state index is 0.387. The van der Waals surface area contributed by atoms with Crippen molar-refractivity contribution in [2.45, 2.75) is 25.8 Å². The summed E-state index contributed by atoms with van der Waals surface area (Å²) in [5, 5.41) is 8.90. The van der Waals surface area contributed by atoms with Crippen LogP contribution in [0.25, 0.3) is 11.0 Å². The highest BCUT2D eigenvalue weighted by molar-refractivity contribution is 5.87. The van der Waals surface area contributed by atoms with Crippen LogP contribution in [0.4, 0.5) is 17.5 Å². The van der Waals surface area contributed by atoms with E-state index >= 15 is 0 Å². The van der Waals surface area contributed by atoms with Gasteiger partial charge in [-0.1, -0.05) is 0 Å². The van der Waals surface area contributed by atoms with Crippen LogP contribution in [0.5, 0.6) is 0 Å². The number of aryl methyl sites for hydroxylation is 2. The van der Waals surface area contributed by atoms with Gasteiger partial charge < -0.3 is 15.1 Å². The van der Waals surface area contributed by atoms with E-state index in [9.17, 15) is 0 Å². The number of piperidine rings is 1. The highest BCUT2D eigenvalue weighted by Gasteiger charge is 2.23. The van der Waals surface area contributed by atoms with Gasteiger partial charge in [0.25, 0.3) is 0 Å². The first-order valence-electron chi connectivity index (χ1n) is 9.18. The summed E-state index contributed by atoms with van der Waals surface area (Å²) in [4.78, 5) is 22.1. The lowest BCUT2D eigenvalue weighted by molar-refractivity contribution is 0.523. The van der Waals surface area contributed by atoms with Gasteiger partial charge in [0.05, 0.1) is 11.6 Å². The van der Waals surface area contributed by atoms with E-state index in [1.807, 2.05) is 45.2 Å². The number of hydrogen-bond acceptors (Lipinski definition) is 8. The Hall–Kier alpha value is -2.97. The van der Waals surface area contributed by atoms with Gasteiger partial charge in [-0.2, -0.15) is 5.10 Å². The summed E-state index contributed by atoms with van der Waals surface area (Å²) in [6.07, 6.45) is 5.51. The Balaban J connectivity index is 1.46. The SMILES string of the molecule is Cc1nc(N2CCC(Nc3cc(N(C)C)ncn3)CC2)c2cnn(C)c2n1. The molecule has 0 atom stereocenters. The van der Waals surface area contributed by atoms with Crippen LogP contribution in [0.2, 0.25) is 0 Å². The van der Waals surface area contributed by atoms with Crippen molar-refractivity contribution in [2.75, 3.05) is 42.3 Å². The van der Waals surface area contributed by atoms with Crippen molar-refractivity contribution in [2.24, 2.45) is 7.05 Å². The van der Waals surface area contributed by atoms with Gasteiger partial charge in [-0.25, -0.2) is 19.9 Å². The summed E-state index contributed by atoms with van der Waals surface area (Å²) in [5.41, 5.74) is 0.884. The molecule has 1 fully saturated rings. The first kappa shape index (κ1) is 17.4. The molecule has 0 amide bonds. The Labute approximate surface area is 158 Å². The molecule has 0 saturated carbocycles. The molecule has 1 saturated heterocycles. The molecule has 0 aliphatic carbocycles. The summed E-state index contributed by atoms with van der Waals surface area (Å²) in [7, 11) is 5.87. The standard InChI is InChI=1S/C18H25N9/c1-12-22-17-14(10-21-26(17)4)18(23-12)27-7-5-13(6-8-27)24-15-9-16(25(2)3)20-11-19-15/h9-11,13H,5-8H2,1-4H3,(H,19,20,24). The third-order valence-electron chi connectivity index (χ3n) is 4.94. The van der Waals surface area contributed by atoms with Crippen molar-refractivity contribution in [3.05, 3.63) is 24.4 Å². The topological polar surface area (TPSA) is 87.9 Å². The number of rotatable bonds is 4. The van der Waals surface area contributed by atoms with Crippen molar-refractivity contribution in [1.29, 1.82) is 0 Å². The zero-order valence-corrected chi connectivity index (χ0v) is 16.2. The summed E-state index contributed by atoms with van der Waals surface area (Å²) >= 11 is 0. The normalized spacial score (nSPS) is 15.3. The Morgan fingerprint density at radius 1 is 1.15 bits per heavy atom. The Morgan fingerprint density at radius 2 is 1.93 bits per heavy atom. The van der Waals surface area contributed by atoms with Crippen LogP contribution in [-0.2, 0) is 7.05 Å². The predicted octanol–water partition coefficient (Wildman–Crippen LogP) is 1.61. The number of hydrogen-bond donors (Lipinski definition) is 1. The average Bonchev–Trinajstić information content (AvgIpc) is 3.03. The van der Waals surface area contributed by atoms with E-state index < -0.39 is 0 Å². The van der Waals surface area contributed by atoms with Gasteiger partial charge in [0.2, 0.25) is 0 Å². The maximum absolute atomic E-state index is 4.69. The van der Waals surface area contributed by atoms with Gasteiger partial charge in [-0.05, 0) is 19.8 Å². The first-order chi connectivity index (χ1) is 13.0.